The number of anilines is 1. The minimum absolute atomic E-state index is 0.0965. The minimum atomic E-state index is -0.0965. The predicted molar refractivity (Wildman–Crippen MR) is 83.7 cm³/mol. The number of carbonyl (C=O) groups is 1. The third kappa shape index (κ3) is 4.44. The summed E-state index contributed by atoms with van der Waals surface area (Å²) in [5.74, 6) is 6.08. The average molecular weight is 279 g/mol. The Kier molecular flexibility index (Phi) is 5.08. The molecule has 106 valence electrons. The smallest absolute Gasteiger partial charge is 0.229 e. The lowest BCUT2D eigenvalue weighted by Crippen LogP contribution is -2.15. The van der Waals surface area contributed by atoms with Crippen LogP contribution in [0, 0.1) is 18.8 Å². The third-order valence-corrected chi connectivity index (χ3v) is 2.97. The Labute approximate surface area is 124 Å². The number of rotatable bonds is 3. The zero-order chi connectivity index (χ0) is 15.1. The van der Waals surface area contributed by atoms with Gasteiger partial charge in [-0.25, -0.2) is 4.98 Å². The number of carbonyl (C=O) groups excluding carboxylic acids is 1. The molecule has 1 amide bonds. The number of aromatic nitrogens is 1. The molecular formula is C17H17N3O. The molecule has 0 aliphatic carbocycles. The molecule has 2 aromatic rings. The van der Waals surface area contributed by atoms with Gasteiger partial charge in [0.15, 0.2) is 0 Å². The fraction of sp³-hybridized carbons (Fsp3) is 0.176. The Balaban J connectivity index is 2.04. The number of hydrogen-bond acceptors (Lipinski definition) is 3. The number of pyridine rings is 1. The Morgan fingerprint density at radius 2 is 2.14 bits per heavy atom. The molecular weight excluding hydrogens is 262 g/mol. The number of aryl methyl sites for hydroxylation is 1. The molecule has 0 bridgehead atoms. The van der Waals surface area contributed by atoms with Gasteiger partial charge in [-0.05, 0) is 30.2 Å². The van der Waals surface area contributed by atoms with Crippen molar-refractivity contribution in [3.63, 3.8) is 0 Å². The molecule has 0 aliphatic rings. The van der Waals surface area contributed by atoms with Crippen molar-refractivity contribution in [2.24, 2.45) is 5.73 Å². The first-order valence-corrected chi connectivity index (χ1v) is 6.68. The van der Waals surface area contributed by atoms with E-state index in [0.29, 0.717) is 18.8 Å². The molecule has 1 aromatic carbocycles. The highest BCUT2D eigenvalue weighted by Gasteiger charge is 2.06. The maximum atomic E-state index is 12.1. The summed E-state index contributed by atoms with van der Waals surface area (Å²) in [6, 6.07) is 11.3. The summed E-state index contributed by atoms with van der Waals surface area (Å²) in [7, 11) is 0. The van der Waals surface area contributed by atoms with Crippen molar-refractivity contribution in [1.82, 2.24) is 4.98 Å². The summed E-state index contributed by atoms with van der Waals surface area (Å²) in [6.45, 7) is 2.29. The van der Waals surface area contributed by atoms with Crippen molar-refractivity contribution in [3.05, 3.63) is 59.3 Å². The van der Waals surface area contributed by atoms with Gasteiger partial charge < -0.3 is 11.1 Å². The highest BCUT2D eigenvalue weighted by molar-refractivity contribution is 5.91. The van der Waals surface area contributed by atoms with Crippen LogP contribution in [0.3, 0.4) is 0 Å². The van der Waals surface area contributed by atoms with Gasteiger partial charge in [-0.15, -0.1) is 0 Å². The van der Waals surface area contributed by atoms with Crippen molar-refractivity contribution < 1.29 is 4.79 Å². The minimum Gasteiger partial charge on any atom is -0.320 e. The van der Waals surface area contributed by atoms with Gasteiger partial charge in [-0.3, -0.25) is 4.79 Å². The number of nitrogens with zero attached hydrogens (tertiary/aromatic N) is 1. The van der Waals surface area contributed by atoms with Gasteiger partial charge >= 0.3 is 0 Å². The number of amides is 1. The summed E-state index contributed by atoms with van der Waals surface area (Å²) in [6.07, 6.45) is 1.94. The summed E-state index contributed by atoms with van der Waals surface area (Å²) >= 11 is 0. The predicted octanol–water partition coefficient (Wildman–Crippen LogP) is 1.88. The van der Waals surface area contributed by atoms with E-state index < -0.39 is 0 Å². The first kappa shape index (κ1) is 14.8. The Morgan fingerprint density at radius 3 is 2.90 bits per heavy atom. The fourth-order valence-corrected chi connectivity index (χ4v) is 1.90. The molecule has 0 aliphatic heterocycles. The van der Waals surface area contributed by atoms with Crippen molar-refractivity contribution in [3.8, 4) is 11.8 Å². The quantitative estimate of drug-likeness (QED) is 0.843. The summed E-state index contributed by atoms with van der Waals surface area (Å²) in [4.78, 5) is 16.2. The average Bonchev–Trinajstić information content (AvgIpc) is 2.48. The van der Waals surface area contributed by atoms with Crippen molar-refractivity contribution in [2.45, 2.75) is 13.3 Å². The molecule has 4 nitrogen and oxygen atoms in total. The molecule has 0 saturated heterocycles. The summed E-state index contributed by atoms with van der Waals surface area (Å²) in [5, 5.41) is 2.79. The molecule has 0 atom stereocenters. The molecule has 0 fully saturated rings. The molecule has 0 spiro atoms. The van der Waals surface area contributed by atoms with E-state index in [9.17, 15) is 4.79 Å². The van der Waals surface area contributed by atoms with Crippen LogP contribution in [0.25, 0.3) is 0 Å². The maximum absolute atomic E-state index is 12.1. The molecule has 21 heavy (non-hydrogen) atoms. The number of nitrogens with one attached hydrogen (secondary N) is 1. The molecule has 2 rings (SSSR count). The lowest BCUT2D eigenvalue weighted by Gasteiger charge is -2.07. The van der Waals surface area contributed by atoms with Crippen LogP contribution < -0.4 is 11.1 Å². The maximum Gasteiger partial charge on any atom is 0.229 e. The van der Waals surface area contributed by atoms with Crippen LogP contribution in [0.2, 0.25) is 0 Å². The number of hydrogen-bond donors (Lipinski definition) is 2. The second-order valence-corrected chi connectivity index (χ2v) is 4.59. The second-order valence-electron chi connectivity index (χ2n) is 4.59. The Morgan fingerprint density at radius 1 is 1.33 bits per heavy atom. The van der Waals surface area contributed by atoms with E-state index in [-0.39, 0.29) is 5.91 Å². The van der Waals surface area contributed by atoms with E-state index in [1.807, 2.05) is 31.2 Å². The first-order chi connectivity index (χ1) is 10.2. The SMILES string of the molecule is Cc1ccccc1CC(=O)Nc1cc(C#CCN)ccn1. The van der Waals surface area contributed by atoms with E-state index in [1.165, 1.54) is 0 Å². The van der Waals surface area contributed by atoms with Gasteiger partial charge in [0.25, 0.3) is 0 Å². The van der Waals surface area contributed by atoms with Crippen molar-refractivity contribution in [1.29, 1.82) is 0 Å². The highest BCUT2D eigenvalue weighted by Crippen LogP contribution is 2.10. The Bertz CT molecular complexity index is 698. The van der Waals surface area contributed by atoms with Crippen LogP contribution in [0.15, 0.2) is 42.6 Å². The van der Waals surface area contributed by atoms with Gasteiger partial charge in [0.1, 0.15) is 5.82 Å². The third-order valence-electron chi connectivity index (χ3n) is 2.97. The van der Waals surface area contributed by atoms with Crippen LogP contribution in [-0.4, -0.2) is 17.4 Å². The van der Waals surface area contributed by atoms with Crippen LogP contribution in [-0.2, 0) is 11.2 Å². The van der Waals surface area contributed by atoms with E-state index in [1.54, 1.807) is 18.3 Å². The van der Waals surface area contributed by atoms with Crippen LogP contribution >= 0.6 is 0 Å². The number of nitrogens with two attached hydrogens (primary N) is 1. The molecule has 0 unspecified atom stereocenters. The first-order valence-electron chi connectivity index (χ1n) is 6.68. The molecule has 4 heteroatoms. The van der Waals surface area contributed by atoms with Gasteiger partial charge in [0.2, 0.25) is 5.91 Å². The van der Waals surface area contributed by atoms with E-state index in [0.717, 1.165) is 16.7 Å². The molecule has 1 heterocycles. The molecule has 0 radical (unpaired) electrons. The van der Waals surface area contributed by atoms with Crippen molar-refractivity contribution >= 4 is 11.7 Å². The second kappa shape index (κ2) is 7.22. The van der Waals surface area contributed by atoms with Crippen molar-refractivity contribution in [2.75, 3.05) is 11.9 Å². The fourth-order valence-electron chi connectivity index (χ4n) is 1.90. The summed E-state index contributed by atoms with van der Waals surface area (Å²) in [5.41, 5.74) is 8.22. The lowest BCUT2D eigenvalue weighted by atomic mass is 10.1. The van der Waals surface area contributed by atoms with Gasteiger partial charge in [-0.1, -0.05) is 36.1 Å². The summed E-state index contributed by atoms with van der Waals surface area (Å²) < 4.78 is 0. The monoisotopic (exact) mass is 279 g/mol. The zero-order valence-corrected chi connectivity index (χ0v) is 11.9. The van der Waals surface area contributed by atoms with Gasteiger partial charge in [-0.2, -0.15) is 0 Å². The number of benzene rings is 1. The molecule has 3 N–H and O–H groups in total. The highest BCUT2D eigenvalue weighted by atomic mass is 16.1. The van der Waals surface area contributed by atoms with E-state index in [2.05, 4.69) is 22.1 Å². The van der Waals surface area contributed by atoms with Crippen LogP contribution in [0.1, 0.15) is 16.7 Å². The van der Waals surface area contributed by atoms with Gasteiger partial charge in [0, 0.05) is 11.8 Å². The van der Waals surface area contributed by atoms with E-state index in [4.69, 9.17) is 5.73 Å². The van der Waals surface area contributed by atoms with Crippen LogP contribution in [0.5, 0.6) is 0 Å². The molecule has 1 aromatic heterocycles. The Hall–Kier alpha value is -2.64. The largest absolute Gasteiger partial charge is 0.320 e. The topological polar surface area (TPSA) is 68.0 Å². The molecule has 0 saturated carbocycles. The standard InChI is InChI=1S/C17H17N3O/c1-13-5-2-3-7-15(13)12-17(21)20-16-11-14(6-4-9-18)8-10-19-16/h2-3,5,7-8,10-11H,9,12,18H2,1H3,(H,19,20,21). The zero-order valence-electron chi connectivity index (χ0n) is 11.9. The van der Waals surface area contributed by atoms with E-state index >= 15 is 0 Å². The lowest BCUT2D eigenvalue weighted by molar-refractivity contribution is -0.115. The van der Waals surface area contributed by atoms with Gasteiger partial charge in [0.05, 0.1) is 13.0 Å². The van der Waals surface area contributed by atoms with Crippen LogP contribution in [0.4, 0.5) is 5.82 Å². The normalized spacial score (nSPS) is 9.62.